The Bertz CT molecular complexity index is 646. The molecule has 0 aliphatic carbocycles. The molecular formula is C14H9LiO. The van der Waals surface area contributed by atoms with Crippen molar-refractivity contribution < 1.29 is 24.0 Å². The first-order valence-corrected chi connectivity index (χ1v) is 4.94. The molecule has 0 heterocycles. The van der Waals surface area contributed by atoms with Crippen molar-refractivity contribution in [2.75, 3.05) is 0 Å². The Morgan fingerprint density at radius 3 is 2.00 bits per heavy atom. The van der Waals surface area contributed by atoms with Crippen molar-refractivity contribution in [1.82, 2.24) is 0 Å². The number of rotatable bonds is 0. The number of hydrogen-bond acceptors (Lipinski definition) is 1. The topological polar surface area (TPSA) is 23.1 Å². The number of hydrogen-bond donors (Lipinski definition) is 0. The molecule has 0 fully saturated rings. The minimum atomic E-state index is 0. The van der Waals surface area contributed by atoms with Gasteiger partial charge < -0.3 is 5.11 Å². The molecule has 0 spiro atoms. The summed E-state index contributed by atoms with van der Waals surface area (Å²) in [6, 6.07) is 17.4. The van der Waals surface area contributed by atoms with Crippen LogP contribution in [0.2, 0.25) is 0 Å². The van der Waals surface area contributed by atoms with Gasteiger partial charge in [-0.05, 0) is 21.5 Å². The van der Waals surface area contributed by atoms with Crippen LogP contribution in [0.25, 0.3) is 21.5 Å². The van der Waals surface area contributed by atoms with Crippen LogP contribution in [-0.2, 0) is 0 Å². The summed E-state index contributed by atoms with van der Waals surface area (Å²) in [5, 5.41) is 15.8. The first kappa shape index (κ1) is 11.1. The zero-order chi connectivity index (χ0) is 10.3. The Kier molecular flexibility index (Phi) is 2.92. The van der Waals surface area contributed by atoms with Crippen molar-refractivity contribution in [3.05, 3.63) is 54.6 Å². The quantitative estimate of drug-likeness (QED) is 0.372. The molecule has 0 saturated heterocycles. The van der Waals surface area contributed by atoms with E-state index in [0.29, 0.717) is 0 Å². The van der Waals surface area contributed by atoms with Gasteiger partial charge in [0, 0.05) is 0 Å². The van der Waals surface area contributed by atoms with Gasteiger partial charge in [0.1, 0.15) is 0 Å². The Balaban J connectivity index is 0.000000963. The molecule has 0 unspecified atom stereocenters. The van der Waals surface area contributed by atoms with E-state index < -0.39 is 0 Å². The van der Waals surface area contributed by atoms with Crippen molar-refractivity contribution in [3.63, 3.8) is 0 Å². The molecule has 0 atom stereocenters. The molecule has 0 radical (unpaired) electrons. The second-order valence-corrected chi connectivity index (χ2v) is 3.64. The first-order valence-electron chi connectivity index (χ1n) is 4.94. The summed E-state index contributed by atoms with van der Waals surface area (Å²) in [4.78, 5) is 0. The third-order valence-corrected chi connectivity index (χ3v) is 2.73. The summed E-state index contributed by atoms with van der Waals surface area (Å²) < 4.78 is 0. The fourth-order valence-electron chi connectivity index (χ4n) is 2.02. The molecule has 16 heavy (non-hydrogen) atoms. The van der Waals surface area contributed by atoms with Gasteiger partial charge in [-0.1, -0.05) is 54.6 Å². The van der Waals surface area contributed by atoms with E-state index in [2.05, 4.69) is 6.07 Å². The van der Waals surface area contributed by atoms with Crippen molar-refractivity contribution >= 4 is 21.5 Å². The van der Waals surface area contributed by atoms with E-state index in [1.165, 1.54) is 0 Å². The Morgan fingerprint density at radius 2 is 1.25 bits per heavy atom. The summed E-state index contributed by atoms with van der Waals surface area (Å²) in [5.41, 5.74) is 0. The molecule has 72 valence electrons. The van der Waals surface area contributed by atoms with E-state index >= 15 is 0 Å². The van der Waals surface area contributed by atoms with Crippen LogP contribution >= 0.6 is 0 Å². The van der Waals surface area contributed by atoms with Crippen LogP contribution in [0, 0.1) is 0 Å². The Labute approximate surface area is 106 Å². The van der Waals surface area contributed by atoms with Gasteiger partial charge in [-0.15, -0.1) is 5.75 Å². The number of benzene rings is 3. The fourth-order valence-corrected chi connectivity index (χ4v) is 2.02. The van der Waals surface area contributed by atoms with Crippen molar-refractivity contribution in [2.24, 2.45) is 0 Å². The zero-order valence-corrected chi connectivity index (χ0v) is 9.10. The molecule has 0 aliphatic rings. The molecule has 0 amide bonds. The maximum absolute atomic E-state index is 11.8. The summed E-state index contributed by atoms with van der Waals surface area (Å²) >= 11 is 0. The molecule has 0 saturated carbocycles. The normalized spacial score (nSPS) is 10.2. The summed E-state index contributed by atoms with van der Waals surface area (Å²) in [6.07, 6.45) is 0. The van der Waals surface area contributed by atoms with Crippen molar-refractivity contribution in [3.8, 4) is 5.75 Å². The summed E-state index contributed by atoms with van der Waals surface area (Å²) in [7, 11) is 0. The van der Waals surface area contributed by atoms with Crippen LogP contribution in [0.1, 0.15) is 0 Å². The average Bonchev–Trinajstić information content (AvgIpc) is 2.30. The van der Waals surface area contributed by atoms with Gasteiger partial charge >= 0.3 is 18.9 Å². The second kappa shape index (κ2) is 4.21. The molecule has 3 aromatic rings. The van der Waals surface area contributed by atoms with Crippen molar-refractivity contribution in [2.45, 2.75) is 0 Å². The zero-order valence-electron chi connectivity index (χ0n) is 9.10. The minimum Gasteiger partial charge on any atom is -0.872 e. The van der Waals surface area contributed by atoms with Crippen LogP contribution < -0.4 is 24.0 Å². The van der Waals surface area contributed by atoms with E-state index in [4.69, 9.17) is 0 Å². The van der Waals surface area contributed by atoms with Gasteiger partial charge in [-0.3, -0.25) is 0 Å². The molecule has 0 bridgehead atoms. The molecular weight excluding hydrogens is 191 g/mol. The van der Waals surface area contributed by atoms with E-state index in [1.807, 2.05) is 42.5 Å². The predicted octanol–water partition coefficient (Wildman–Crippen LogP) is 0.0706. The van der Waals surface area contributed by atoms with Crippen LogP contribution in [0.15, 0.2) is 54.6 Å². The predicted molar refractivity (Wildman–Crippen MR) is 60.9 cm³/mol. The molecule has 1 nitrogen and oxygen atoms in total. The van der Waals surface area contributed by atoms with E-state index in [0.717, 1.165) is 21.5 Å². The minimum absolute atomic E-state index is 0. The molecule has 2 heteroatoms. The van der Waals surface area contributed by atoms with Gasteiger partial charge in [-0.2, -0.15) is 0 Å². The fraction of sp³-hybridized carbons (Fsp3) is 0. The third-order valence-electron chi connectivity index (χ3n) is 2.73. The van der Waals surface area contributed by atoms with Gasteiger partial charge in [0.2, 0.25) is 0 Å². The SMILES string of the molecule is [Li+].[O-]c1cc2ccccc2c2ccccc12. The van der Waals surface area contributed by atoms with Crippen LogP contribution in [0.4, 0.5) is 0 Å². The van der Waals surface area contributed by atoms with Crippen LogP contribution in [0.5, 0.6) is 5.75 Å². The Hall–Kier alpha value is -1.42. The van der Waals surface area contributed by atoms with E-state index in [1.54, 1.807) is 6.07 Å². The maximum atomic E-state index is 11.8. The van der Waals surface area contributed by atoms with E-state index in [9.17, 15) is 5.11 Å². The largest absolute Gasteiger partial charge is 1.00 e. The van der Waals surface area contributed by atoms with Crippen LogP contribution in [-0.4, -0.2) is 0 Å². The second-order valence-electron chi connectivity index (χ2n) is 3.64. The monoisotopic (exact) mass is 200 g/mol. The standard InChI is InChI=1S/C14H10O.Li/c15-14-9-10-5-1-2-6-11(10)12-7-3-4-8-13(12)14;/h1-9,15H;/q;+1/p-1. The van der Waals surface area contributed by atoms with Gasteiger partial charge in [0.25, 0.3) is 0 Å². The average molecular weight is 200 g/mol. The third kappa shape index (κ3) is 1.59. The van der Waals surface area contributed by atoms with E-state index in [-0.39, 0.29) is 24.6 Å². The summed E-state index contributed by atoms with van der Waals surface area (Å²) in [6.45, 7) is 0. The maximum Gasteiger partial charge on any atom is 1.00 e. The molecule has 0 aromatic heterocycles. The number of fused-ring (bicyclic) bond motifs is 3. The molecule has 0 N–H and O–H groups in total. The summed E-state index contributed by atoms with van der Waals surface area (Å²) in [5.74, 6) is 0.101. The Morgan fingerprint density at radius 1 is 0.688 bits per heavy atom. The molecule has 3 aromatic carbocycles. The van der Waals surface area contributed by atoms with Gasteiger partial charge in [0.05, 0.1) is 0 Å². The van der Waals surface area contributed by atoms with Gasteiger partial charge in [-0.25, -0.2) is 0 Å². The first-order chi connectivity index (χ1) is 7.36. The van der Waals surface area contributed by atoms with Crippen LogP contribution in [0.3, 0.4) is 0 Å². The smallest absolute Gasteiger partial charge is 0.872 e. The van der Waals surface area contributed by atoms with Gasteiger partial charge in [0.15, 0.2) is 0 Å². The molecule has 0 aliphatic heterocycles. The molecule has 3 rings (SSSR count). The van der Waals surface area contributed by atoms with Crippen molar-refractivity contribution in [1.29, 1.82) is 0 Å².